The van der Waals surface area contributed by atoms with Gasteiger partial charge in [0.05, 0.1) is 33.1 Å². The quantitative estimate of drug-likeness (QED) is 0.199. The summed E-state index contributed by atoms with van der Waals surface area (Å²) >= 11 is 0. The number of para-hydroxylation sites is 2. The van der Waals surface area contributed by atoms with Gasteiger partial charge in [0, 0.05) is 38.6 Å². The molecule has 3 nitrogen and oxygen atoms in total. The summed E-state index contributed by atoms with van der Waals surface area (Å²) in [4.78, 5) is 0. The number of aromatic nitrogens is 3. The van der Waals surface area contributed by atoms with E-state index in [9.17, 15) is 0 Å². The summed E-state index contributed by atoms with van der Waals surface area (Å²) in [7, 11) is 0. The lowest BCUT2D eigenvalue weighted by molar-refractivity contribution is 1.15. The number of rotatable bonds is 4. The van der Waals surface area contributed by atoms with E-state index in [1.54, 1.807) is 0 Å². The van der Waals surface area contributed by atoms with Crippen molar-refractivity contribution in [2.24, 2.45) is 0 Å². The van der Waals surface area contributed by atoms with Crippen molar-refractivity contribution in [3.63, 3.8) is 0 Å². The Labute approximate surface area is 259 Å². The van der Waals surface area contributed by atoms with E-state index in [0.717, 1.165) is 11.4 Å². The van der Waals surface area contributed by atoms with E-state index in [1.807, 2.05) is 0 Å². The summed E-state index contributed by atoms with van der Waals surface area (Å²) in [6.45, 7) is 0. The van der Waals surface area contributed by atoms with Crippen LogP contribution in [-0.4, -0.2) is 13.7 Å². The molecule has 0 amide bonds. The third-order valence-electron chi connectivity index (χ3n) is 9.40. The van der Waals surface area contributed by atoms with Gasteiger partial charge in [0.15, 0.2) is 0 Å². The molecule has 10 rings (SSSR count). The van der Waals surface area contributed by atoms with Crippen LogP contribution in [0.25, 0.3) is 82.8 Å². The van der Waals surface area contributed by atoms with Crippen molar-refractivity contribution in [1.82, 2.24) is 13.7 Å². The highest BCUT2D eigenvalue weighted by Crippen LogP contribution is 2.43. The number of hydrogen-bond acceptors (Lipinski definition) is 0. The molecule has 3 aromatic heterocycles. The summed E-state index contributed by atoms with van der Waals surface area (Å²) < 4.78 is 7.27. The average Bonchev–Trinajstić information content (AvgIpc) is 3.75. The topological polar surface area (TPSA) is 14.8 Å². The van der Waals surface area contributed by atoms with Crippen LogP contribution >= 0.6 is 0 Å². The maximum atomic E-state index is 2.45. The van der Waals surface area contributed by atoms with Gasteiger partial charge in [-0.2, -0.15) is 0 Å². The number of benzene rings is 7. The Morgan fingerprint density at radius 1 is 0.267 bits per heavy atom. The molecule has 0 aliphatic carbocycles. The first-order valence-electron chi connectivity index (χ1n) is 15.5. The van der Waals surface area contributed by atoms with Crippen LogP contribution in [0.1, 0.15) is 0 Å². The third kappa shape index (κ3) is 3.41. The van der Waals surface area contributed by atoms with Crippen LogP contribution in [0.2, 0.25) is 0 Å². The van der Waals surface area contributed by atoms with E-state index in [2.05, 4.69) is 177 Å². The fourth-order valence-corrected chi connectivity index (χ4v) is 7.54. The molecule has 0 spiro atoms. The fourth-order valence-electron chi connectivity index (χ4n) is 7.54. The van der Waals surface area contributed by atoms with E-state index >= 15 is 0 Å². The Morgan fingerprint density at radius 2 is 0.733 bits per heavy atom. The van der Waals surface area contributed by atoms with E-state index in [4.69, 9.17) is 0 Å². The highest BCUT2D eigenvalue weighted by Gasteiger charge is 2.22. The minimum Gasteiger partial charge on any atom is -0.309 e. The molecule has 0 atom stereocenters. The highest BCUT2D eigenvalue weighted by molar-refractivity contribution is 6.25. The Bertz CT molecular complexity index is 2620. The monoisotopic (exact) mass is 573 g/mol. The molecular formula is C42H27N3. The molecule has 0 saturated carbocycles. The molecule has 210 valence electrons. The van der Waals surface area contributed by atoms with Crippen molar-refractivity contribution in [3.05, 3.63) is 164 Å². The van der Waals surface area contributed by atoms with Gasteiger partial charge in [-0.25, -0.2) is 0 Å². The van der Waals surface area contributed by atoms with Gasteiger partial charge < -0.3 is 13.7 Å². The lowest BCUT2D eigenvalue weighted by Gasteiger charge is -2.14. The highest BCUT2D eigenvalue weighted by atomic mass is 15.0. The molecule has 0 aliphatic heterocycles. The molecule has 0 bridgehead atoms. The van der Waals surface area contributed by atoms with E-state index in [0.29, 0.717) is 0 Å². The normalized spacial score (nSPS) is 12.0. The first-order chi connectivity index (χ1) is 22.3. The minimum absolute atomic E-state index is 1.16. The van der Waals surface area contributed by atoms with Crippen LogP contribution in [0, 0.1) is 0 Å². The van der Waals surface area contributed by atoms with Crippen molar-refractivity contribution in [2.45, 2.75) is 0 Å². The predicted octanol–water partition coefficient (Wildman–Crippen LogP) is 10.9. The van der Waals surface area contributed by atoms with Gasteiger partial charge in [-0.1, -0.05) is 97.1 Å². The largest absolute Gasteiger partial charge is 0.309 e. The molecule has 45 heavy (non-hydrogen) atoms. The van der Waals surface area contributed by atoms with Crippen LogP contribution in [0.5, 0.6) is 0 Å². The van der Waals surface area contributed by atoms with E-state index in [1.165, 1.54) is 71.5 Å². The first-order valence-corrected chi connectivity index (χ1v) is 15.5. The first kappa shape index (κ1) is 24.4. The molecule has 3 heterocycles. The molecule has 0 N–H and O–H groups in total. The maximum Gasteiger partial charge on any atom is 0.0563 e. The Hall–Kier alpha value is -6.06. The smallest absolute Gasteiger partial charge is 0.0563 e. The maximum absolute atomic E-state index is 2.45. The second kappa shape index (κ2) is 9.22. The van der Waals surface area contributed by atoms with Crippen molar-refractivity contribution < 1.29 is 0 Å². The van der Waals surface area contributed by atoms with Crippen molar-refractivity contribution >= 4 is 54.6 Å². The molecule has 0 saturated heterocycles. The number of fused-ring (bicyclic) bond motifs is 3. The molecular weight excluding hydrogens is 546 g/mol. The van der Waals surface area contributed by atoms with Gasteiger partial charge in [0.1, 0.15) is 0 Å². The summed E-state index contributed by atoms with van der Waals surface area (Å²) in [6, 6.07) is 59.3. The Kier molecular flexibility index (Phi) is 5.00. The van der Waals surface area contributed by atoms with Gasteiger partial charge in [-0.05, 0) is 77.9 Å². The SMILES string of the molecule is c1ccc(-c2cccc(-n3c4ccccc4c4ccc(-n5c6cccc7c6c6c(cccc65)n7-c5ccccc5)cc43)c2)cc1. The van der Waals surface area contributed by atoms with Gasteiger partial charge in [-0.15, -0.1) is 0 Å². The van der Waals surface area contributed by atoms with Gasteiger partial charge in [-0.3, -0.25) is 0 Å². The molecule has 7 aromatic carbocycles. The standard InChI is InChI=1S/C42H27N3/c1-3-12-28(13-4-1)29-14-9-17-31(26-29)44-35-19-8-7-18-33(35)34-25-24-32(27-40(34)44)45-38-22-10-20-36-41(38)42-37(21-11-23-39(42)45)43(36)30-15-5-2-6-16-30/h1-27H. The van der Waals surface area contributed by atoms with Crippen molar-refractivity contribution in [3.8, 4) is 28.2 Å². The van der Waals surface area contributed by atoms with Crippen molar-refractivity contribution in [2.75, 3.05) is 0 Å². The van der Waals surface area contributed by atoms with Crippen LogP contribution in [0.15, 0.2) is 164 Å². The lowest BCUT2D eigenvalue weighted by Crippen LogP contribution is -1.99. The zero-order chi connectivity index (χ0) is 29.5. The molecule has 10 aromatic rings. The second-order valence-electron chi connectivity index (χ2n) is 11.8. The number of nitrogens with zero attached hydrogens (tertiary/aromatic N) is 3. The van der Waals surface area contributed by atoms with E-state index < -0.39 is 0 Å². The molecule has 0 radical (unpaired) electrons. The molecule has 0 aliphatic rings. The third-order valence-corrected chi connectivity index (χ3v) is 9.40. The van der Waals surface area contributed by atoms with Crippen molar-refractivity contribution in [1.29, 1.82) is 0 Å². The summed E-state index contributed by atoms with van der Waals surface area (Å²) in [5.74, 6) is 0. The van der Waals surface area contributed by atoms with Crippen LogP contribution < -0.4 is 0 Å². The second-order valence-corrected chi connectivity index (χ2v) is 11.8. The average molecular weight is 574 g/mol. The minimum atomic E-state index is 1.16. The van der Waals surface area contributed by atoms with Crippen LogP contribution in [-0.2, 0) is 0 Å². The summed E-state index contributed by atoms with van der Waals surface area (Å²) in [5, 5.41) is 5.13. The van der Waals surface area contributed by atoms with Crippen LogP contribution in [0.3, 0.4) is 0 Å². The zero-order valence-electron chi connectivity index (χ0n) is 24.4. The Morgan fingerprint density at radius 3 is 1.44 bits per heavy atom. The van der Waals surface area contributed by atoms with Gasteiger partial charge >= 0.3 is 0 Å². The Balaban J connectivity index is 1.25. The molecule has 0 unspecified atom stereocenters. The fraction of sp³-hybridized carbons (Fsp3) is 0. The zero-order valence-corrected chi connectivity index (χ0v) is 24.4. The van der Waals surface area contributed by atoms with E-state index in [-0.39, 0.29) is 0 Å². The van der Waals surface area contributed by atoms with Crippen LogP contribution in [0.4, 0.5) is 0 Å². The summed E-state index contributed by atoms with van der Waals surface area (Å²) in [5.41, 5.74) is 13.3. The van der Waals surface area contributed by atoms with Gasteiger partial charge in [0.2, 0.25) is 0 Å². The lowest BCUT2D eigenvalue weighted by atomic mass is 10.1. The molecule has 0 fully saturated rings. The number of hydrogen-bond donors (Lipinski definition) is 0. The summed E-state index contributed by atoms with van der Waals surface area (Å²) in [6.07, 6.45) is 0. The van der Waals surface area contributed by atoms with Gasteiger partial charge in [0.25, 0.3) is 0 Å². The predicted molar refractivity (Wildman–Crippen MR) is 189 cm³/mol. The molecule has 3 heteroatoms.